The standard InChI is InChI=1S/C30H30ClFN6O/c1-2-8-22(12-13-23-11-6-7-14-38(23)27(39)15-20-9-4-3-5-10-20)36-30-26(32)19-35-29(37-30)25-18-34-28-24(25)16-21(31)17-33-28/h3-7,9-11,14,16-19,22-23H,2,8,12-13,15H2,1H3,(H,33,34)(H,35,36,37)/t22?,23-/m0/s1. The third-order valence-electron chi connectivity index (χ3n) is 6.81. The van der Waals surface area contributed by atoms with Crippen molar-refractivity contribution < 1.29 is 9.18 Å². The number of rotatable bonds is 10. The highest BCUT2D eigenvalue weighted by Gasteiger charge is 2.23. The molecule has 3 aromatic heterocycles. The fraction of sp³-hybridized carbons (Fsp3) is 0.267. The van der Waals surface area contributed by atoms with Crippen molar-refractivity contribution in [1.29, 1.82) is 0 Å². The van der Waals surface area contributed by atoms with E-state index in [4.69, 9.17) is 11.6 Å². The molecule has 1 aromatic carbocycles. The summed E-state index contributed by atoms with van der Waals surface area (Å²) in [5, 5.41) is 4.57. The number of anilines is 1. The van der Waals surface area contributed by atoms with E-state index in [0.717, 1.165) is 36.6 Å². The van der Waals surface area contributed by atoms with Crippen LogP contribution in [0.5, 0.6) is 0 Å². The van der Waals surface area contributed by atoms with Crippen molar-refractivity contribution in [1.82, 2.24) is 24.8 Å². The smallest absolute Gasteiger partial charge is 0.231 e. The zero-order valence-corrected chi connectivity index (χ0v) is 22.4. The molecule has 0 bridgehead atoms. The minimum atomic E-state index is -0.518. The number of benzene rings is 1. The van der Waals surface area contributed by atoms with Crippen LogP contribution in [0.25, 0.3) is 22.4 Å². The Labute approximate surface area is 231 Å². The molecule has 0 fully saturated rings. The second-order valence-electron chi connectivity index (χ2n) is 9.61. The van der Waals surface area contributed by atoms with E-state index >= 15 is 0 Å². The normalized spacial score (nSPS) is 15.6. The Morgan fingerprint density at radius 2 is 2.03 bits per heavy atom. The first-order chi connectivity index (χ1) is 19.0. The lowest BCUT2D eigenvalue weighted by molar-refractivity contribution is -0.129. The number of pyridine rings is 1. The number of nitrogens with zero attached hydrogens (tertiary/aromatic N) is 4. The van der Waals surface area contributed by atoms with E-state index in [-0.39, 0.29) is 23.8 Å². The highest BCUT2D eigenvalue weighted by atomic mass is 35.5. The van der Waals surface area contributed by atoms with Crippen molar-refractivity contribution in [3.63, 3.8) is 0 Å². The van der Waals surface area contributed by atoms with Crippen LogP contribution in [-0.2, 0) is 11.2 Å². The van der Waals surface area contributed by atoms with Crippen LogP contribution >= 0.6 is 11.6 Å². The summed E-state index contributed by atoms with van der Waals surface area (Å²) in [6.45, 7) is 2.10. The zero-order valence-electron chi connectivity index (χ0n) is 21.6. The van der Waals surface area contributed by atoms with Crippen molar-refractivity contribution in [3.05, 3.63) is 95.8 Å². The molecular formula is C30H30ClFN6O. The fourth-order valence-electron chi connectivity index (χ4n) is 4.87. The van der Waals surface area contributed by atoms with Gasteiger partial charge in [0.15, 0.2) is 17.5 Å². The van der Waals surface area contributed by atoms with Crippen molar-refractivity contribution >= 4 is 34.4 Å². The molecule has 0 saturated carbocycles. The van der Waals surface area contributed by atoms with Gasteiger partial charge in [-0.05, 0) is 37.0 Å². The van der Waals surface area contributed by atoms with Crippen molar-refractivity contribution in [3.8, 4) is 11.4 Å². The monoisotopic (exact) mass is 544 g/mol. The van der Waals surface area contributed by atoms with Gasteiger partial charge < -0.3 is 15.2 Å². The van der Waals surface area contributed by atoms with Crippen LogP contribution in [0.15, 0.2) is 79.4 Å². The van der Waals surface area contributed by atoms with Crippen molar-refractivity contribution in [2.75, 3.05) is 5.32 Å². The van der Waals surface area contributed by atoms with Crippen LogP contribution in [-0.4, -0.2) is 42.8 Å². The SMILES string of the molecule is CCCC(CC[C@@H]1C=CC=CN1C(=O)Cc1ccccc1)Nc1nc(-c2c[nH]c3ncc(Cl)cc23)ncc1F. The minimum Gasteiger partial charge on any atom is -0.365 e. The van der Waals surface area contributed by atoms with E-state index < -0.39 is 5.82 Å². The first-order valence-corrected chi connectivity index (χ1v) is 13.5. The molecule has 7 nitrogen and oxygen atoms in total. The molecule has 4 aromatic rings. The van der Waals surface area contributed by atoms with Gasteiger partial charge in [-0.3, -0.25) is 4.79 Å². The number of H-pyrrole nitrogens is 1. The predicted molar refractivity (Wildman–Crippen MR) is 153 cm³/mol. The number of hydrogen-bond donors (Lipinski definition) is 2. The Balaban J connectivity index is 1.29. The molecule has 0 aliphatic carbocycles. The Hall–Kier alpha value is -4.04. The summed E-state index contributed by atoms with van der Waals surface area (Å²) in [7, 11) is 0. The van der Waals surface area contributed by atoms with Gasteiger partial charge in [0.25, 0.3) is 0 Å². The number of amides is 1. The number of carbonyl (C=O) groups excluding carboxylic acids is 1. The van der Waals surface area contributed by atoms with Crippen LogP contribution in [0.2, 0.25) is 5.02 Å². The highest BCUT2D eigenvalue weighted by Crippen LogP contribution is 2.29. The first-order valence-electron chi connectivity index (χ1n) is 13.1. The number of aromatic amines is 1. The van der Waals surface area contributed by atoms with Crippen molar-refractivity contribution in [2.24, 2.45) is 0 Å². The molecule has 0 saturated heterocycles. The maximum absolute atomic E-state index is 14.9. The number of hydrogen-bond acceptors (Lipinski definition) is 5. The molecule has 200 valence electrons. The molecule has 1 amide bonds. The third kappa shape index (κ3) is 6.34. The topological polar surface area (TPSA) is 86.8 Å². The van der Waals surface area contributed by atoms with E-state index in [1.54, 1.807) is 23.4 Å². The van der Waals surface area contributed by atoms with Gasteiger partial charge in [0.05, 0.1) is 23.7 Å². The van der Waals surface area contributed by atoms with Crippen LogP contribution in [0.4, 0.5) is 10.2 Å². The summed E-state index contributed by atoms with van der Waals surface area (Å²) in [5.74, 6) is 0.0593. The van der Waals surface area contributed by atoms with Gasteiger partial charge in [-0.25, -0.2) is 19.3 Å². The second kappa shape index (κ2) is 12.2. The van der Waals surface area contributed by atoms with Crippen LogP contribution in [0.1, 0.15) is 38.2 Å². The summed E-state index contributed by atoms with van der Waals surface area (Å²) in [6.07, 6.45) is 15.8. The lowest BCUT2D eigenvalue weighted by Gasteiger charge is -2.30. The summed E-state index contributed by atoms with van der Waals surface area (Å²) in [6, 6.07) is 11.4. The molecule has 1 aliphatic heterocycles. The second-order valence-corrected chi connectivity index (χ2v) is 10.0. The van der Waals surface area contributed by atoms with Gasteiger partial charge in [-0.15, -0.1) is 0 Å². The van der Waals surface area contributed by atoms with E-state index in [1.807, 2.05) is 54.8 Å². The number of carbonyl (C=O) groups is 1. The Bertz CT molecular complexity index is 1500. The van der Waals surface area contributed by atoms with Crippen LogP contribution < -0.4 is 5.32 Å². The number of halogens is 2. The maximum Gasteiger partial charge on any atom is 0.231 e. The molecule has 4 heterocycles. The zero-order chi connectivity index (χ0) is 27.2. The lowest BCUT2D eigenvalue weighted by Crippen LogP contribution is -2.38. The van der Waals surface area contributed by atoms with E-state index in [1.165, 1.54) is 6.20 Å². The molecule has 5 rings (SSSR count). The number of aromatic nitrogens is 4. The van der Waals surface area contributed by atoms with Crippen LogP contribution in [0, 0.1) is 5.82 Å². The maximum atomic E-state index is 14.9. The summed E-state index contributed by atoms with van der Waals surface area (Å²) < 4.78 is 14.9. The lowest BCUT2D eigenvalue weighted by atomic mass is 9.99. The van der Waals surface area contributed by atoms with Gasteiger partial charge in [-0.1, -0.05) is 67.4 Å². The molecule has 2 N–H and O–H groups in total. The Morgan fingerprint density at radius 1 is 1.18 bits per heavy atom. The fourth-order valence-corrected chi connectivity index (χ4v) is 5.02. The molecule has 1 unspecified atom stereocenters. The molecule has 1 aliphatic rings. The van der Waals surface area contributed by atoms with Gasteiger partial charge in [0.2, 0.25) is 5.91 Å². The number of fused-ring (bicyclic) bond motifs is 1. The summed E-state index contributed by atoms with van der Waals surface area (Å²) in [4.78, 5) is 31.0. The highest BCUT2D eigenvalue weighted by molar-refractivity contribution is 6.31. The average molecular weight is 545 g/mol. The molecule has 0 spiro atoms. The van der Waals surface area contributed by atoms with E-state index in [0.29, 0.717) is 28.5 Å². The number of nitrogens with one attached hydrogen (secondary N) is 2. The summed E-state index contributed by atoms with van der Waals surface area (Å²) in [5.41, 5.74) is 2.33. The predicted octanol–water partition coefficient (Wildman–Crippen LogP) is 6.70. The quantitative estimate of drug-likeness (QED) is 0.232. The average Bonchev–Trinajstić information content (AvgIpc) is 3.36. The van der Waals surface area contributed by atoms with E-state index in [9.17, 15) is 9.18 Å². The Morgan fingerprint density at radius 3 is 2.85 bits per heavy atom. The van der Waals surface area contributed by atoms with Crippen molar-refractivity contribution in [2.45, 2.75) is 51.1 Å². The van der Waals surface area contributed by atoms with Gasteiger partial charge >= 0.3 is 0 Å². The van der Waals surface area contributed by atoms with Gasteiger partial charge in [0.1, 0.15) is 5.65 Å². The van der Waals surface area contributed by atoms with Gasteiger partial charge in [0, 0.05) is 35.6 Å². The Kier molecular flexibility index (Phi) is 8.32. The number of allylic oxidation sites excluding steroid dienone is 2. The van der Waals surface area contributed by atoms with Crippen LogP contribution in [0.3, 0.4) is 0 Å². The third-order valence-corrected chi connectivity index (χ3v) is 7.01. The minimum absolute atomic E-state index is 0.0308. The molecule has 0 radical (unpaired) electrons. The largest absolute Gasteiger partial charge is 0.365 e. The molecule has 2 atom stereocenters. The first kappa shape index (κ1) is 26.6. The summed E-state index contributed by atoms with van der Waals surface area (Å²) >= 11 is 6.14. The van der Waals surface area contributed by atoms with Gasteiger partial charge in [-0.2, -0.15) is 0 Å². The molecular weight excluding hydrogens is 515 g/mol. The molecule has 39 heavy (non-hydrogen) atoms. The van der Waals surface area contributed by atoms with E-state index in [2.05, 4.69) is 32.2 Å². The molecule has 9 heteroatoms.